The first kappa shape index (κ1) is 9.98. The van der Waals surface area contributed by atoms with Gasteiger partial charge < -0.3 is 5.73 Å². The van der Waals surface area contributed by atoms with Crippen molar-refractivity contribution in [2.45, 2.75) is 18.7 Å². The summed E-state index contributed by atoms with van der Waals surface area (Å²) in [5.74, 6) is 0. The van der Waals surface area contributed by atoms with E-state index in [1.54, 1.807) is 6.92 Å². The van der Waals surface area contributed by atoms with E-state index >= 15 is 0 Å². The lowest BCUT2D eigenvalue weighted by Gasteiger charge is -2.05. The number of benzene rings is 1. The van der Waals surface area contributed by atoms with Crippen molar-refractivity contribution in [1.82, 2.24) is 0 Å². The number of rotatable bonds is 1. The molecule has 0 aromatic heterocycles. The van der Waals surface area contributed by atoms with Crippen molar-refractivity contribution < 1.29 is 12.3 Å². The highest BCUT2D eigenvalue weighted by Gasteiger charge is 2.15. The lowest BCUT2D eigenvalue weighted by atomic mass is 10.1. The number of halogens is 1. The molecule has 0 aliphatic rings. The fraction of sp³-hybridized carbons (Fsp3) is 0.250. The van der Waals surface area contributed by atoms with Crippen LogP contribution in [0.2, 0.25) is 0 Å². The molecule has 2 N–H and O–H groups in total. The van der Waals surface area contributed by atoms with Crippen LogP contribution >= 0.6 is 0 Å². The molecule has 0 aliphatic carbocycles. The molecule has 0 atom stereocenters. The van der Waals surface area contributed by atoms with Crippen LogP contribution in [0.4, 0.5) is 9.57 Å². The third-order valence-electron chi connectivity index (χ3n) is 1.83. The molecular weight excluding hydrogens is 193 g/mol. The average molecular weight is 203 g/mol. The maximum Gasteiger partial charge on any atom is 0.332 e. The lowest BCUT2D eigenvalue weighted by Crippen LogP contribution is -1.99. The van der Waals surface area contributed by atoms with Crippen LogP contribution in [0.15, 0.2) is 17.0 Å². The molecule has 0 aliphatic heterocycles. The van der Waals surface area contributed by atoms with Gasteiger partial charge in [0, 0.05) is 5.69 Å². The Morgan fingerprint density at radius 1 is 1.23 bits per heavy atom. The Bertz CT molecular complexity index is 440. The minimum absolute atomic E-state index is 0.306. The van der Waals surface area contributed by atoms with E-state index in [-0.39, 0.29) is 4.90 Å². The van der Waals surface area contributed by atoms with Crippen molar-refractivity contribution in [2.24, 2.45) is 0 Å². The van der Waals surface area contributed by atoms with Gasteiger partial charge in [0.15, 0.2) is 0 Å². The second-order valence-electron chi connectivity index (χ2n) is 2.91. The normalized spacial score (nSPS) is 11.6. The zero-order valence-electron chi connectivity index (χ0n) is 7.33. The smallest absolute Gasteiger partial charge is 0.332 e. The molecule has 0 spiro atoms. The molecule has 0 amide bonds. The van der Waals surface area contributed by atoms with Crippen molar-refractivity contribution in [2.75, 3.05) is 5.73 Å². The van der Waals surface area contributed by atoms with Gasteiger partial charge in [0.2, 0.25) is 0 Å². The third kappa shape index (κ3) is 1.98. The number of nitrogen functional groups attached to an aromatic ring is 1. The van der Waals surface area contributed by atoms with E-state index in [4.69, 9.17) is 5.73 Å². The Kier molecular flexibility index (Phi) is 2.30. The number of nitrogens with two attached hydrogens (primary N) is 1. The third-order valence-corrected chi connectivity index (χ3v) is 2.79. The lowest BCUT2D eigenvalue weighted by molar-refractivity contribution is 0.551. The van der Waals surface area contributed by atoms with Crippen molar-refractivity contribution in [1.29, 1.82) is 0 Å². The van der Waals surface area contributed by atoms with Crippen LogP contribution in [0.1, 0.15) is 11.1 Å². The Balaban J connectivity index is 3.50. The first-order chi connectivity index (χ1) is 5.82. The highest BCUT2D eigenvalue weighted by molar-refractivity contribution is 7.86. The Labute approximate surface area is 76.6 Å². The minimum atomic E-state index is -4.63. The molecule has 0 radical (unpaired) electrons. The molecule has 1 aromatic rings. The molecule has 13 heavy (non-hydrogen) atoms. The first-order valence-electron chi connectivity index (χ1n) is 3.64. The molecule has 0 fully saturated rings. The van der Waals surface area contributed by atoms with Gasteiger partial charge in [-0.05, 0) is 37.1 Å². The molecule has 5 heteroatoms. The van der Waals surface area contributed by atoms with Crippen molar-refractivity contribution >= 4 is 15.9 Å². The topological polar surface area (TPSA) is 60.2 Å². The summed E-state index contributed by atoms with van der Waals surface area (Å²) in [6.45, 7) is 3.13. The molecule has 3 nitrogen and oxygen atoms in total. The second kappa shape index (κ2) is 2.99. The minimum Gasteiger partial charge on any atom is -0.399 e. The Hall–Kier alpha value is -1.10. The zero-order valence-corrected chi connectivity index (χ0v) is 8.15. The van der Waals surface area contributed by atoms with Gasteiger partial charge in [-0.1, -0.05) is 0 Å². The molecule has 0 bridgehead atoms. The molecule has 0 heterocycles. The van der Waals surface area contributed by atoms with Crippen LogP contribution in [0, 0.1) is 13.8 Å². The highest BCUT2D eigenvalue weighted by atomic mass is 32.3. The van der Waals surface area contributed by atoms with Crippen molar-refractivity contribution in [3.05, 3.63) is 23.3 Å². The summed E-state index contributed by atoms with van der Waals surface area (Å²) >= 11 is 0. The summed E-state index contributed by atoms with van der Waals surface area (Å²) in [5, 5.41) is 0. The summed E-state index contributed by atoms with van der Waals surface area (Å²) < 4.78 is 33.8. The highest BCUT2D eigenvalue weighted by Crippen LogP contribution is 2.23. The predicted octanol–water partition coefficient (Wildman–Crippen LogP) is 1.54. The van der Waals surface area contributed by atoms with Crippen LogP contribution < -0.4 is 5.73 Å². The molecule has 1 aromatic carbocycles. The summed E-state index contributed by atoms with van der Waals surface area (Å²) in [6, 6.07) is 2.68. The van der Waals surface area contributed by atoms with Gasteiger partial charge in [0.05, 0.1) is 0 Å². The summed E-state index contributed by atoms with van der Waals surface area (Å²) in [4.78, 5) is -0.306. The van der Waals surface area contributed by atoms with Gasteiger partial charge in [0.25, 0.3) is 0 Å². The van der Waals surface area contributed by atoms with E-state index in [2.05, 4.69) is 0 Å². The second-order valence-corrected chi connectivity index (χ2v) is 4.23. The predicted molar refractivity (Wildman–Crippen MR) is 48.6 cm³/mol. The number of anilines is 1. The number of hydrogen-bond donors (Lipinski definition) is 1. The molecule has 0 saturated heterocycles. The van der Waals surface area contributed by atoms with Gasteiger partial charge in [-0.25, -0.2) is 0 Å². The van der Waals surface area contributed by atoms with E-state index in [9.17, 15) is 12.3 Å². The standard InChI is InChI=1S/C8H10FNO2S/c1-5-4-8(13(9,11)12)6(2)3-7(5)10/h3-4H,10H2,1-2H3. The van der Waals surface area contributed by atoms with Crippen LogP contribution in [0.25, 0.3) is 0 Å². The number of aryl methyl sites for hydroxylation is 2. The molecule has 72 valence electrons. The van der Waals surface area contributed by atoms with Crippen LogP contribution in [-0.4, -0.2) is 8.42 Å². The van der Waals surface area contributed by atoms with Crippen LogP contribution in [0.3, 0.4) is 0 Å². The van der Waals surface area contributed by atoms with E-state index in [0.29, 0.717) is 16.8 Å². The molecular formula is C8H10FNO2S. The molecule has 0 saturated carbocycles. The largest absolute Gasteiger partial charge is 0.399 e. The fourth-order valence-corrected chi connectivity index (χ4v) is 1.84. The van der Waals surface area contributed by atoms with Crippen LogP contribution in [0.5, 0.6) is 0 Å². The van der Waals surface area contributed by atoms with Crippen molar-refractivity contribution in [3.63, 3.8) is 0 Å². The van der Waals surface area contributed by atoms with E-state index in [0.717, 1.165) is 0 Å². The van der Waals surface area contributed by atoms with Gasteiger partial charge in [-0.2, -0.15) is 8.42 Å². The van der Waals surface area contributed by atoms with Crippen LogP contribution in [-0.2, 0) is 10.2 Å². The SMILES string of the molecule is Cc1cc(S(=O)(=O)F)c(C)cc1N. The summed E-state index contributed by atoms with van der Waals surface area (Å²) in [7, 11) is -4.63. The average Bonchev–Trinajstić information content (AvgIpc) is 1.94. The Morgan fingerprint density at radius 2 is 1.77 bits per heavy atom. The van der Waals surface area contributed by atoms with E-state index in [1.165, 1.54) is 19.1 Å². The fourth-order valence-electron chi connectivity index (χ4n) is 1.07. The number of hydrogen-bond acceptors (Lipinski definition) is 3. The molecule has 1 rings (SSSR count). The van der Waals surface area contributed by atoms with Gasteiger partial charge >= 0.3 is 10.2 Å². The summed E-state index contributed by atoms with van der Waals surface area (Å²) in [5.41, 5.74) is 6.86. The zero-order chi connectivity index (χ0) is 10.2. The molecule has 0 unspecified atom stereocenters. The summed E-state index contributed by atoms with van der Waals surface area (Å²) in [6.07, 6.45) is 0. The quantitative estimate of drug-likeness (QED) is 0.556. The Morgan fingerprint density at radius 3 is 2.23 bits per heavy atom. The van der Waals surface area contributed by atoms with E-state index < -0.39 is 10.2 Å². The first-order valence-corrected chi connectivity index (χ1v) is 5.02. The van der Waals surface area contributed by atoms with E-state index in [1.807, 2.05) is 0 Å². The maximum absolute atomic E-state index is 12.6. The van der Waals surface area contributed by atoms with Gasteiger partial charge in [-0.3, -0.25) is 0 Å². The maximum atomic E-state index is 12.6. The van der Waals surface area contributed by atoms with Gasteiger partial charge in [0.1, 0.15) is 4.90 Å². The van der Waals surface area contributed by atoms with Gasteiger partial charge in [-0.15, -0.1) is 3.89 Å². The van der Waals surface area contributed by atoms with Crippen molar-refractivity contribution in [3.8, 4) is 0 Å². The monoisotopic (exact) mass is 203 g/mol.